The fourth-order valence-corrected chi connectivity index (χ4v) is 3.85. The fraction of sp³-hybridized carbons (Fsp3) is 0.0476. The van der Waals surface area contributed by atoms with Crippen LogP contribution in [0.1, 0.15) is 15.9 Å². The summed E-state index contributed by atoms with van der Waals surface area (Å²) in [5, 5.41) is 2.89. The van der Waals surface area contributed by atoms with Crippen molar-refractivity contribution in [3.8, 4) is 0 Å². The van der Waals surface area contributed by atoms with E-state index in [1.54, 1.807) is 11.8 Å². The molecule has 3 nitrogen and oxygen atoms in total. The smallest absolute Gasteiger partial charge is 0.252 e. The second-order valence-electron chi connectivity index (χ2n) is 5.67. The molecule has 4 rings (SSSR count). The van der Waals surface area contributed by atoms with Crippen LogP contribution in [0.4, 0.5) is 5.69 Å². The highest BCUT2D eigenvalue weighted by Crippen LogP contribution is 2.38. The van der Waals surface area contributed by atoms with Crippen molar-refractivity contribution >= 4 is 29.1 Å². The van der Waals surface area contributed by atoms with Crippen molar-refractivity contribution in [2.24, 2.45) is 4.99 Å². The van der Waals surface area contributed by atoms with Crippen molar-refractivity contribution in [2.75, 3.05) is 0 Å². The molecule has 3 aromatic rings. The normalized spacial score (nSPS) is 15.8. The summed E-state index contributed by atoms with van der Waals surface area (Å²) in [4.78, 5) is 18.5. The Bertz CT molecular complexity index is 923. The van der Waals surface area contributed by atoms with Crippen molar-refractivity contribution in [1.29, 1.82) is 0 Å². The lowest BCUT2D eigenvalue weighted by atomic mass is 10.1. The number of carbonyl (C=O) groups excluding carboxylic acids is 1. The number of rotatable bonds is 3. The van der Waals surface area contributed by atoms with Gasteiger partial charge < -0.3 is 5.32 Å². The number of fused-ring (bicyclic) bond motifs is 1. The predicted octanol–water partition coefficient (Wildman–Crippen LogP) is 4.67. The van der Waals surface area contributed by atoms with Gasteiger partial charge in [-0.15, -0.1) is 0 Å². The highest BCUT2D eigenvalue weighted by Gasteiger charge is 2.26. The third-order valence-electron chi connectivity index (χ3n) is 3.97. The van der Waals surface area contributed by atoms with Gasteiger partial charge in [0.2, 0.25) is 0 Å². The zero-order chi connectivity index (χ0) is 17.1. The van der Waals surface area contributed by atoms with Crippen molar-refractivity contribution in [3.05, 3.63) is 96.1 Å². The Morgan fingerprint density at radius 3 is 2.24 bits per heavy atom. The average molecular weight is 344 g/mol. The van der Waals surface area contributed by atoms with E-state index in [2.05, 4.69) is 5.32 Å². The molecule has 1 heterocycles. The second-order valence-corrected chi connectivity index (χ2v) is 6.82. The Morgan fingerprint density at radius 2 is 1.48 bits per heavy atom. The number of nitrogens with one attached hydrogen (secondary N) is 1. The first-order valence-corrected chi connectivity index (χ1v) is 8.95. The number of hydrogen-bond donors (Lipinski definition) is 1. The summed E-state index contributed by atoms with van der Waals surface area (Å²) >= 11 is 1.62. The van der Waals surface area contributed by atoms with E-state index in [1.807, 2.05) is 84.9 Å². The van der Waals surface area contributed by atoms with E-state index < -0.39 is 0 Å². The van der Waals surface area contributed by atoms with E-state index in [0.29, 0.717) is 5.56 Å². The monoisotopic (exact) mass is 344 g/mol. The van der Waals surface area contributed by atoms with Crippen LogP contribution in [0.25, 0.3) is 0 Å². The summed E-state index contributed by atoms with van der Waals surface area (Å²) < 4.78 is 0. The number of amides is 1. The molecular formula is C21H16N2OS. The zero-order valence-electron chi connectivity index (χ0n) is 13.4. The van der Waals surface area contributed by atoms with Crippen LogP contribution in [0.15, 0.2) is 94.8 Å². The minimum atomic E-state index is -0.231. The summed E-state index contributed by atoms with van der Waals surface area (Å²) in [7, 11) is 0. The molecule has 1 aliphatic rings. The molecule has 0 aromatic heterocycles. The zero-order valence-corrected chi connectivity index (χ0v) is 14.2. The number of para-hydroxylation sites is 1. The van der Waals surface area contributed by atoms with E-state index in [4.69, 9.17) is 4.99 Å². The Labute approximate surface area is 150 Å². The van der Waals surface area contributed by atoms with Crippen LogP contribution in [0.2, 0.25) is 0 Å². The second kappa shape index (κ2) is 6.95. The SMILES string of the molecule is O=C(N[C@H]1Sc2ccccc2N=C1c1ccccc1)c1ccccc1. The topological polar surface area (TPSA) is 41.5 Å². The van der Waals surface area contributed by atoms with E-state index >= 15 is 0 Å². The van der Waals surface area contributed by atoms with Gasteiger partial charge in [0.1, 0.15) is 5.37 Å². The van der Waals surface area contributed by atoms with Gasteiger partial charge in [-0.1, -0.05) is 72.4 Å². The standard InChI is InChI=1S/C21H16N2OS/c24-20(16-11-5-2-6-12-16)23-21-19(15-9-3-1-4-10-15)22-17-13-7-8-14-18(17)25-21/h1-14,21H,(H,23,24)/t21-/m0/s1. The average Bonchev–Trinajstić information content (AvgIpc) is 2.69. The van der Waals surface area contributed by atoms with E-state index in [0.717, 1.165) is 21.9 Å². The maximum Gasteiger partial charge on any atom is 0.252 e. The summed E-state index contributed by atoms with van der Waals surface area (Å²) in [5.74, 6) is -0.0962. The highest BCUT2D eigenvalue weighted by molar-refractivity contribution is 8.00. The van der Waals surface area contributed by atoms with Crippen LogP contribution in [0.3, 0.4) is 0 Å². The molecule has 25 heavy (non-hydrogen) atoms. The third kappa shape index (κ3) is 3.35. The molecule has 4 heteroatoms. The Morgan fingerprint density at radius 1 is 0.840 bits per heavy atom. The maximum absolute atomic E-state index is 12.6. The number of nitrogens with zero attached hydrogens (tertiary/aromatic N) is 1. The van der Waals surface area contributed by atoms with Crippen LogP contribution < -0.4 is 5.32 Å². The number of benzene rings is 3. The number of aliphatic imine (C=N–C) groups is 1. The first-order valence-electron chi connectivity index (χ1n) is 8.07. The quantitative estimate of drug-likeness (QED) is 0.750. The first kappa shape index (κ1) is 15.7. The molecule has 1 amide bonds. The van der Waals surface area contributed by atoms with Crippen LogP contribution in [-0.4, -0.2) is 17.0 Å². The van der Waals surface area contributed by atoms with Crippen LogP contribution in [-0.2, 0) is 0 Å². The van der Waals surface area contributed by atoms with Crippen molar-refractivity contribution in [1.82, 2.24) is 5.32 Å². The summed E-state index contributed by atoms with van der Waals surface area (Å²) in [6, 6.07) is 27.3. The molecule has 0 radical (unpaired) electrons. The Balaban J connectivity index is 1.69. The van der Waals surface area contributed by atoms with E-state index in [-0.39, 0.29) is 11.3 Å². The lowest BCUT2D eigenvalue weighted by molar-refractivity contribution is 0.0956. The molecule has 0 spiro atoms. The van der Waals surface area contributed by atoms with Gasteiger partial charge in [-0.05, 0) is 29.8 Å². The minimum absolute atomic E-state index is 0.0962. The van der Waals surface area contributed by atoms with Gasteiger partial charge in [0, 0.05) is 10.5 Å². The number of hydrogen-bond acceptors (Lipinski definition) is 3. The lowest BCUT2D eigenvalue weighted by Gasteiger charge is -2.25. The third-order valence-corrected chi connectivity index (χ3v) is 5.14. The molecule has 0 saturated heterocycles. The molecule has 3 aromatic carbocycles. The molecule has 1 N–H and O–H groups in total. The van der Waals surface area contributed by atoms with Crippen molar-refractivity contribution in [3.63, 3.8) is 0 Å². The molecule has 1 atom stereocenters. The van der Waals surface area contributed by atoms with Crippen molar-refractivity contribution in [2.45, 2.75) is 10.3 Å². The van der Waals surface area contributed by atoms with Gasteiger partial charge >= 0.3 is 0 Å². The van der Waals surface area contributed by atoms with Gasteiger partial charge in [0.15, 0.2) is 0 Å². The summed E-state index contributed by atoms with van der Waals surface area (Å²) in [5.41, 5.74) is 3.47. The maximum atomic E-state index is 12.6. The Hall–Kier alpha value is -2.85. The molecule has 122 valence electrons. The predicted molar refractivity (Wildman–Crippen MR) is 103 cm³/mol. The molecule has 0 aliphatic carbocycles. The van der Waals surface area contributed by atoms with Gasteiger partial charge in [0.25, 0.3) is 5.91 Å². The minimum Gasteiger partial charge on any atom is -0.334 e. The largest absolute Gasteiger partial charge is 0.334 e. The number of carbonyl (C=O) groups is 1. The molecule has 0 bridgehead atoms. The highest BCUT2D eigenvalue weighted by atomic mass is 32.2. The van der Waals surface area contributed by atoms with E-state index in [1.165, 1.54) is 0 Å². The van der Waals surface area contributed by atoms with Crippen LogP contribution >= 0.6 is 11.8 Å². The summed E-state index contributed by atoms with van der Waals surface area (Å²) in [6.07, 6.45) is 0. The molecule has 0 unspecified atom stereocenters. The fourth-order valence-electron chi connectivity index (χ4n) is 2.73. The van der Waals surface area contributed by atoms with Gasteiger partial charge in [-0.25, -0.2) is 4.99 Å². The number of thioether (sulfide) groups is 1. The van der Waals surface area contributed by atoms with Gasteiger partial charge in [-0.3, -0.25) is 4.79 Å². The Kier molecular flexibility index (Phi) is 4.36. The van der Waals surface area contributed by atoms with Crippen LogP contribution in [0, 0.1) is 0 Å². The molecular weight excluding hydrogens is 328 g/mol. The lowest BCUT2D eigenvalue weighted by Crippen LogP contribution is -2.39. The molecule has 0 fully saturated rings. The van der Waals surface area contributed by atoms with Crippen LogP contribution in [0.5, 0.6) is 0 Å². The van der Waals surface area contributed by atoms with E-state index in [9.17, 15) is 4.79 Å². The summed E-state index contributed by atoms with van der Waals surface area (Å²) in [6.45, 7) is 0. The van der Waals surface area contributed by atoms with Crippen molar-refractivity contribution < 1.29 is 4.79 Å². The van der Waals surface area contributed by atoms with Gasteiger partial charge in [-0.2, -0.15) is 0 Å². The first-order chi connectivity index (χ1) is 12.3. The van der Waals surface area contributed by atoms with Gasteiger partial charge in [0.05, 0.1) is 11.4 Å². The molecule has 0 saturated carbocycles. The molecule has 1 aliphatic heterocycles.